The van der Waals surface area contributed by atoms with Crippen LogP contribution in [0.4, 0.5) is 0 Å². The second kappa shape index (κ2) is 3.09. The molecule has 0 amide bonds. The van der Waals surface area contributed by atoms with Crippen LogP contribution < -0.4 is 11.6 Å². The van der Waals surface area contributed by atoms with Crippen LogP contribution in [0.5, 0.6) is 0 Å². The highest BCUT2D eigenvalue weighted by Crippen LogP contribution is 1.82. The molecule has 0 heterocycles. The molecule has 2 unspecified atom stereocenters. The standard InChI is InChI=1S/C2H8N2O2S/c1-2(3)7(5)6-4/h2H,3-4H2,1H3. The average Bonchev–Trinajstić information content (AvgIpc) is 1.65. The Morgan fingerprint density at radius 3 is 2.29 bits per heavy atom. The minimum Gasteiger partial charge on any atom is -0.315 e. The van der Waals surface area contributed by atoms with Crippen molar-refractivity contribution in [2.45, 2.75) is 12.3 Å². The van der Waals surface area contributed by atoms with E-state index >= 15 is 0 Å². The predicted molar refractivity (Wildman–Crippen MR) is 27.1 cm³/mol. The van der Waals surface area contributed by atoms with Crippen LogP contribution >= 0.6 is 0 Å². The molecule has 7 heavy (non-hydrogen) atoms. The van der Waals surface area contributed by atoms with E-state index in [9.17, 15) is 4.21 Å². The zero-order chi connectivity index (χ0) is 5.86. The van der Waals surface area contributed by atoms with Crippen molar-refractivity contribution in [2.24, 2.45) is 11.6 Å². The van der Waals surface area contributed by atoms with Crippen LogP contribution in [0.15, 0.2) is 0 Å². The number of rotatable bonds is 2. The maximum atomic E-state index is 10.2. The number of hydrogen-bond donors (Lipinski definition) is 2. The summed E-state index contributed by atoms with van der Waals surface area (Å²) in [5.74, 6) is 4.49. The molecule has 44 valence electrons. The second-order valence-electron chi connectivity index (χ2n) is 1.06. The quantitative estimate of drug-likeness (QED) is 0.455. The summed E-state index contributed by atoms with van der Waals surface area (Å²) in [5, 5.41) is -0.509. The first-order valence-corrected chi connectivity index (χ1v) is 2.85. The van der Waals surface area contributed by atoms with E-state index in [1.807, 2.05) is 0 Å². The fourth-order valence-electron chi connectivity index (χ4n) is 0.0876. The van der Waals surface area contributed by atoms with Gasteiger partial charge in [-0.2, -0.15) is 5.90 Å². The van der Waals surface area contributed by atoms with Gasteiger partial charge in [-0.3, -0.25) is 0 Å². The lowest BCUT2D eigenvalue weighted by Gasteiger charge is -1.97. The molecule has 0 saturated heterocycles. The summed E-state index contributed by atoms with van der Waals surface area (Å²) in [7, 11) is 0. The molecule has 0 bridgehead atoms. The smallest absolute Gasteiger partial charge is 0.190 e. The lowest BCUT2D eigenvalue weighted by Crippen LogP contribution is -2.24. The van der Waals surface area contributed by atoms with Crippen molar-refractivity contribution in [1.29, 1.82) is 0 Å². The molecular weight excluding hydrogens is 116 g/mol. The van der Waals surface area contributed by atoms with E-state index in [0.717, 1.165) is 0 Å². The summed E-state index contributed by atoms with van der Waals surface area (Å²) in [4.78, 5) is 0. The van der Waals surface area contributed by atoms with E-state index in [4.69, 9.17) is 5.73 Å². The third-order valence-electron chi connectivity index (χ3n) is 0.398. The van der Waals surface area contributed by atoms with Gasteiger partial charge in [-0.25, -0.2) is 8.49 Å². The molecule has 0 spiro atoms. The third kappa shape index (κ3) is 2.69. The average molecular weight is 124 g/mol. The van der Waals surface area contributed by atoms with Crippen molar-refractivity contribution < 1.29 is 8.49 Å². The van der Waals surface area contributed by atoms with Crippen molar-refractivity contribution in [2.75, 3.05) is 0 Å². The minimum absolute atomic E-state index is 0.509. The molecule has 0 aliphatic rings. The van der Waals surface area contributed by atoms with Gasteiger partial charge < -0.3 is 5.73 Å². The van der Waals surface area contributed by atoms with Gasteiger partial charge in [0, 0.05) is 0 Å². The molecule has 0 aromatic carbocycles. The Morgan fingerprint density at radius 2 is 2.29 bits per heavy atom. The van der Waals surface area contributed by atoms with Gasteiger partial charge in [0.2, 0.25) is 0 Å². The van der Waals surface area contributed by atoms with Crippen LogP contribution in [0, 0.1) is 0 Å². The van der Waals surface area contributed by atoms with Crippen LogP contribution in [0.2, 0.25) is 0 Å². The Kier molecular flexibility index (Phi) is 3.10. The topological polar surface area (TPSA) is 78.3 Å². The molecule has 4 N–H and O–H groups in total. The van der Waals surface area contributed by atoms with Crippen LogP contribution in [0.3, 0.4) is 0 Å². The van der Waals surface area contributed by atoms with Crippen molar-refractivity contribution >= 4 is 11.1 Å². The fraction of sp³-hybridized carbons (Fsp3) is 1.00. The summed E-state index contributed by atoms with van der Waals surface area (Å²) < 4.78 is 14.0. The molecule has 0 fully saturated rings. The number of nitrogens with two attached hydrogens (primary N) is 2. The number of hydrogen-bond acceptors (Lipinski definition) is 4. The SMILES string of the molecule is CC(N)S(=O)ON. The van der Waals surface area contributed by atoms with E-state index in [1.165, 1.54) is 0 Å². The molecule has 0 aromatic rings. The Hall–Kier alpha value is 0.0300. The van der Waals surface area contributed by atoms with Crippen LogP contribution in [-0.4, -0.2) is 9.58 Å². The highest BCUT2D eigenvalue weighted by Gasteiger charge is 2.01. The summed E-state index contributed by atoms with van der Waals surface area (Å²) in [6.07, 6.45) is 0. The highest BCUT2D eigenvalue weighted by molar-refractivity contribution is 7.80. The van der Waals surface area contributed by atoms with Gasteiger partial charge in [-0.1, -0.05) is 0 Å². The summed E-state index contributed by atoms with van der Waals surface area (Å²) in [6.45, 7) is 1.54. The Morgan fingerprint density at radius 1 is 1.86 bits per heavy atom. The summed E-state index contributed by atoms with van der Waals surface area (Å²) >= 11 is -1.52. The van der Waals surface area contributed by atoms with Gasteiger partial charge in [0.15, 0.2) is 11.1 Å². The Bertz CT molecular complexity index is 74.1. The normalized spacial score (nSPS) is 18.7. The predicted octanol–water partition coefficient (Wildman–Crippen LogP) is -1.15. The minimum atomic E-state index is -1.52. The van der Waals surface area contributed by atoms with E-state index in [0.29, 0.717) is 0 Å². The van der Waals surface area contributed by atoms with E-state index < -0.39 is 16.5 Å². The first-order chi connectivity index (χ1) is 3.18. The Balaban J connectivity index is 3.35. The largest absolute Gasteiger partial charge is 0.315 e. The van der Waals surface area contributed by atoms with Gasteiger partial charge in [0.25, 0.3) is 0 Å². The van der Waals surface area contributed by atoms with Gasteiger partial charge in [-0.15, -0.1) is 0 Å². The maximum Gasteiger partial charge on any atom is 0.190 e. The van der Waals surface area contributed by atoms with E-state index in [2.05, 4.69) is 10.2 Å². The van der Waals surface area contributed by atoms with Gasteiger partial charge in [0.05, 0.1) is 0 Å². The first kappa shape index (κ1) is 7.03. The Labute approximate surface area is 44.4 Å². The van der Waals surface area contributed by atoms with Crippen LogP contribution in [-0.2, 0) is 15.4 Å². The molecule has 2 atom stereocenters. The molecule has 5 heteroatoms. The van der Waals surface area contributed by atoms with Crippen molar-refractivity contribution in [1.82, 2.24) is 0 Å². The highest BCUT2D eigenvalue weighted by atomic mass is 32.2. The monoisotopic (exact) mass is 124 g/mol. The van der Waals surface area contributed by atoms with Crippen molar-refractivity contribution in [3.63, 3.8) is 0 Å². The van der Waals surface area contributed by atoms with Crippen molar-refractivity contribution in [3.8, 4) is 0 Å². The van der Waals surface area contributed by atoms with Gasteiger partial charge >= 0.3 is 0 Å². The molecule has 0 rings (SSSR count). The van der Waals surface area contributed by atoms with E-state index in [1.54, 1.807) is 6.92 Å². The molecule has 0 radical (unpaired) electrons. The van der Waals surface area contributed by atoms with Crippen LogP contribution in [0.25, 0.3) is 0 Å². The third-order valence-corrected chi connectivity index (χ3v) is 1.20. The second-order valence-corrected chi connectivity index (χ2v) is 2.52. The maximum absolute atomic E-state index is 10.2. The van der Waals surface area contributed by atoms with Crippen molar-refractivity contribution in [3.05, 3.63) is 0 Å². The molecule has 0 saturated carbocycles. The first-order valence-electron chi connectivity index (χ1n) is 1.72. The molecule has 0 aliphatic heterocycles. The molecule has 0 aliphatic carbocycles. The fourth-order valence-corrected chi connectivity index (χ4v) is 0.263. The summed E-state index contributed by atoms with van der Waals surface area (Å²) in [5.41, 5.74) is 5.04. The van der Waals surface area contributed by atoms with Gasteiger partial charge in [0.1, 0.15) is 5.37 Å². The molecule has 4 nitrogen and oxygen atoms in total. The van der Waals surface area contributed by atoms with Crippen LogP contribution in [0.1, 0.15) is 6.92 Å². The zero-order valence-electron chi connectivity index (χ0n) is 3.96. The molecule has 0 aromatic heterocycles. The van der Waals surface area contributed by atoms with Gasteiger partial charge in [-0.05, 0) is 6.92 Å². The zero-order valence-corrected chi connectivity index (χ0v) is 4.77. The summed E-state index contributed by atoms with van der Waals surface area (Å²) in [6, 6.07) is 0. The lowest BCUT2D eigenvalue weighted by atomic mass is 10.8. The lowest BCUT2D eigenvalue weighted by molar-refractivity contribution is 0.362. The molecular formula is C2H8N2O2S. The van der Waals surface area contributed by atoms with E-state index in [-0.39, 0.29) is 0 Å².